The summed E-state index contributed by atoms with van der Waals surface area (Å²) in [4.78, 5) is 11.9. The Morgan fingerprint density at radius 2 is 1.90 bits per heavy atom. The van der Waals surface area contributed by atoms with Crippen LogP contribution in [0.4, 0.5) is 4.79 Å². The minimum Gasteiger partial charge on any atom is -0.444 e. The Hall–Kier alpha value is -0.770. The van der Waals surface area contributed by atoms with E-state index >= 15 is 0 Å². The molecular formula is C17H34N2O2. The normalized spacial score (nSPS) is 21.7. The van der Waals surface area contributed by atoms with E-state index in [1.165, 1.54) is 19.3 Å². The Morgan fingerprint density at radius 3 is 2.38 bits per heavy atom. The number of carbonyl (C=O) groups is 1. The molecule has 1 aliphatic heterocycles. The number of carbonyl (C=O) groups excluding carboxylic acids is 1. The molecule has 0 aromatic rings. The molecule has 1 saturated heterocycles. The second-order valence-electron chi connectivity index (χ2n) is 8.46. The smallest absolute Gasteiger partial charge is 0.407 e. The van der Waals surface area contributed by atoms with Gasteiger partial charge < -0.3 is 15.4 Å². The summed E-state index contributed by atoms with van der Waals surface area (Å²) < 4.78 is 5.34. The molecule has 2 atom stereocenters. The molecule has 0 aromatic heterocycles. The third-order valence-electron chi connectivity index (χ3n) is 3.70. The number of alkyl carbamates (subject to hydrolysis) is 1. The predicted octanol–water partition coefficient (Wildman–Crippen LogP) is 3.71. The summed E-state index contributed by atoms with van der Waals surface area (Å²) in [5.41, 5.74) is -0.175. The molecule has 4 nitrogen and oxygen atoms in total. The third-order valence-corrected chi connectivity index (χ3v) is 3.70. The Labute approximate surface area is 130 Å². The zero-order valence-electron chi connectivity index (χ0n) is 14.7. The first-order valence-electron chi connectivity index (χ1n) is 8.27. The quantitative estimate of drug-likeness (QED) is 0.832. The highest BCUT2D eigenvalue weighted by Crippen LogP contribution is 2.28. The molecule has 0 spiro atoms. The van der Waals surface area contributed by atoms with Crippen LogP contribution in [0.1, 0.15) is 67.2 Å². The van der Waals surface area contributed by atoms with E-state index in [-0.39, 0.29) is 11.5 Å². The van der Waals surface area contributed by atoms with Gasteiger partial charge in [0, 0.05) is 12.6 Å². The van der Waals surface area contributed by atoms with Gasteiger partial charge in [-0.3, -0.25) is 0 Å². The minimum atomic E-state index is -0.438. The van der Waals surface area contributed by atoms with Crippen LogP contribution in [0.5, 0.6) is 0 Å². The van der Waals surface area contributed by atoms with Crippen LogP contribution in [0.15, 0.2) is 0 Å². The number of piperidine rings is 1. The van der Waals surface area contributed by atoms with Crippen molar-refractivity contribution in [2.45, 2.75) is 78.9 Å². The average molecular weight is 298 g/mol. The van der Waals surface area contributed by atoms with Gasteiger partial charge >= 0.3 is 6.09 Å². The summed E-state index contributed by atoms with van der Waals surface area (Å²) in [6.45, 7) is 14.2. The molecule has 1 heterocycles. The Bertz CT molecular complexity index is 323. The molecular weight excluding hydrogens is 264 g/mol. The lowest BCUT2D eigenvalue weighted by molar-refractivity contribution is 0.0507. The van der Waals surface area contributed by atoms with Gasteiger partial charge in [-0.15, -0.1) is 0 Å². The van der Waals surface area contributed by atoms with Crippen LogP contribution >= 0.6 is 0 Å². The SMILES string of the molecule is CC(C)(C)C[C@H](CNC(=O)OC(C)(C)C)[C@H]1CCCCN1. The van der Waals surface area contributed by atoms with Crippen LogP contribution in [0.25, 0.3) is 0 Å². The lowest BCUT2D eigenvalue weighted by Crippen LogP contribution is -2.46. The molecule has 1 amide bonds. The lowest BCUT2D eigenvalue weighted by Gasteiger charge is -2.35. The number of ether oxygens (including phenoxy) is 1. The third kappa shape index (κ3) is 8.30. The molecule has 0 bridgehead atoms. The zero-order valence-corrected chi connectivity index (χ0v) is 14.7. The van der Waals surface area contributed by atoms with Gasteiger partial charge in [-0.1, -0.05) is 27.2 Å². The molecule has 2 N–H and O–H groups in total. The second-order valence-corrected chi connectivity index (χ2v) is 8.46. The van der Waals surface area contributed by atoms with Gasteiger partial charge in [0.1, 0.15) is 5.60 Å². The summed E-state index contributed by atoms with van der Waals surface area (Å²) in [7, 11) is 0. The van der Waals surface area contributed by atoms with Gasteiger partial charge in [0.2, 0.25) is 0 Å². The fourth-order valence-electron chi connectivity index (χ4n) is 2.95. The highest BCUT2D eigenvalue weighted by Gasteiger charge is 2.28. The Balaban J connectivity index is 2.54. The maximum atomic E-state index is 11.9. The first-order chi connectivity index (χ1) is 9.57. The van der Waals surface area contributed by atoms with Crippen molar-refractivity contribution in [1.29, 1.82) is 0 Å². The van der Waals surface area contributed by atoms with Gasteiger partial charge in [0.15, 0.2) is 0 Å². The minimum absolute atomic E-state index is 0.263. The molecule has 1 rings (SSSR count). The Kier molecular flexibility index (Phi) is 6.51. The molecule has 1 fully saturated rings. The van der Waals surface area contributed by atoms with Crippen molar-refractivity contribution < 1.29 is 9.53 Å². The molecule has 0 radical (unpaired) electrons. The van der Waals surface area contributed by atoms with Crippen LogP contribution in [0, 0.1) is 11.3 Å². The standard InChI is InChI=1S/C17H34N2O2/c1-16(2,3)11-13(14-9-7-8-10-18-14)12-19-15(20)21-17(4,5)6/h13-14,18H,7-12H2,1-6H3,(H,19,20)/t13-,14-/m1/s1. The van der Waals surface area contributed by atoms with E-state index < -0.39 is 5.60 Å². The van der Waals surface area contributed by atoms with Gasteiger partial charge in [-0.05, 0) is 57.9 Å². The zero-order chi connectivity index (χ0) is 16.1. The van der Waals surface area contributed by atoms with Crippen molar-refractivity contribution in [3.8, 4) is 0 Å². The van der Waals surface area contributed by atoms with E-state index in [0.29, 0.717) is 18.5 Å². The van der Waals surface area contributed by atoms with Crippen molar-refractivity contribution in [2.75, 3.05) is 13.1 Å². The van der Waals surface area contributed by atoms with E-state index in [0.717, 1.165) is 13.0 Å². The number of hydrogen-bond acceptors (Lipinski definition) is 3. The molecule has 0 unspecified atom stereocenters. The monoisotopic (exact) mass is 298 g/mol. The summed E-state index contributed by atoms with van der Waals surface area (Å²) in [6.07, 6.45) is 4.54. The summed E-state index contributed by atoms with van der Waals surface area (Å²) in [5, 5.41) is 6.58. The van der Waals surface area contributed by atoms with Crippen LogP contribution < -0.4 is 10.6 Å². The second kappa shape index (κ2) is 7.48. The highest BCUT2D eigenvalue weighted by atomic mass is 16.6. The summed E-state index contributed by atoms with van der Waals surface area (Å²) in [6, 6.07) is 0.507. The first-order valence-corrected chi connectivity index (χ1v) is 8.27. The van der Waals surface area contributed by atoms with E-state index in [1.807, 2.05) is 20.8 Å². The largest absolute Gasteiger partial charge is 0.444 e. The summed E-state index contributed by atoms with van der Waals surface area (Å²) in [5.74, 6) is 0.456. The van der Waals surface area contributed by atoms with Crippen molar-refractivity contribution in [3.63, 3.8) is 0 Å². The number of rotatable bonds is 4. The maximum absolute atomic E-state index is 11.9. The van der Waals surface area contributed by atoms with Crippen molar-refractivity contribution in [1.82, 2.24) is 10.6 Å². The van der Waals surface area contributed by atoms with Gasteiger partial charge in [0.05, 0.1) is 0 Å². The predicted molar refractivity (Wildman–Crippen MR) is 87.4 cm³/mol. The maximum Gasteiger partial charge on any atom is 0.407 e. The van der Waals surface area contributed by atoms with Gasteiger partial charge in [0.25, 0.3) is 0 Å². The van der Waals surface area contributed by atoms with Crippen molar-refractivity contribution in [3.05, 3.63) is 0 Å². The van der Waals surface area contributed by atoms with E-state index in [2.05, 4.69) is 31.4 Å². The number of hydrogen-bond donors (Lipinski definition) is 2. The van der Waals surface area contributed by atoms with Gasteiger partial charge in [-0.25, -0.2) is 4.79 Å². The molecule has 0 saturated carbocycles. The molecule has 0 aromatic carbocycles. The fourth-order valence-corrected chi connectivity index (χ4v) is 2.95. The average Bonchev–Trinajstić information content (AvgIpc) is 2.32. The van der Waals surface area contributed by atoms with E-state index in [4.69, 9.17) is 4.74 Å². The first kappa shape index (κ1) is 18.3. The molecule has 0 aliphatic carbocycles. The van der Waals surface area contributed by atoms with Gasteiger partial charge in [-0.2, -0.15) is 0 Å². The summed E-state index contributed by atoms with van der Waals surface area (Å²) >= 11 is 0. The topological polar surface area (TPSA) is 50.4 Å². The van der Waals surface area contributed by atoms with Crippen LogP contribution in [-0.2, 0) is 4.74 Å². The molecule has 1 aliphatic rings. The van der Waals surface area contributed by atoms with Crippen molar-refractivity contribution in [2.24, 2.45) is 11.3 Å². The Morgan fingerprint density at radius 1 is 1.24 bits per heavy atom. The fraction of sp³-hybridized carbons (Fsp3) is 0.941. The number of nitrogens with one attached hydrogen (secondary N) is 2. The lowest BCUT2D eigenvalue weighted by atomic mass is 9.79. The highest BCUT2D eigenvalue weighted by molar-refractivity contribution is 5.67. The number of amides is 1. The van der Waals surface area contributed by atoms with E-state index in [1.54, 1.807) is 0 Å². The van der Waals surface area contributed by atoms with Crippen LogP contribution in [0.3, 0.4) is 0 Å². The molecule has 21 heavy (non-hydrogen) atoms. The molecule has 4 heteroatoms. The van der Waals surface area contributed by atoms with Crippen LogP contribution in [-0.4, -0.2) is 30.8 Å². The van der Waals surface area contributed by atoms with E-state index in [9.17, 15) is 4.79 Å². The van der Waals surface area contributed by atoms with Crippen molar-refractivity contribution >= 4 is 6.09 Å². The molecule has 124 valence electrons. The van der Waals surface area contributed by atoms with Crippen LogP contribution in [0.2, 0.25) is 0 Å².